The van der Waals surface area contributed by atoms with Gasteiger partial charge in [-0.1, -0.05) is 0 Å². The SMILES string of the molecule is CC(C)(C)OC(=O)C1CCC(N)(OS(C)(=O)=O)CC1. The number of esters is 1. The average Bonchev–Trinajstić information content (AvgIpc) is 2.11. The van der Waals surface area contributed by atoms with Crippen LogP contribution in [0, 0.1) is 5.92 Å². The molecule has 1 fully saturated rings. The lowest BCUT2D eigenvalue weighted by atomic mass is 9.84. The Bertz CT molecular complexity index is 430. The summed E-state index contributed by atoms with van der Waals surface area (Å²) in [7, 11) is -3.59. The molecule has 0 unspecified atom stereocenters. The second-order valence-corrected chi connectivity index (χ2v) is 7.73. The van der Waals surface area contributed by atoms with Crippen molar-refractivity contribution in [3.05, 3.63) is 0 Å². The first-order valence-corrected chi connectivity index (χ1v) is 8.14. The first kappa shape index (κ1) is 16.4. The Kier molecular flexibility index (Phi) is 4.64. The van der Waals surface area contributed by atoms with Gasteiger partial charge in [0.15, 0.2) is 0 Å². The van der Waals surface area contributed by atoms with E-state index >= 15 is 0 Å². The third kappa shape index (κ3) is 5.88. The van der Waals surface area contributed by atoms with E-state index in [-0.39, 0.29) is 11.9 Å². The topological polar surface area (TPSA) is 95.7 Å². The lowest BCUT2D eigenvalue weighted by molar-refractivity contribution is -0.162. The van der Waals surface area contributed by atoms with Crippen molar-refractivity contribution in [3.8, 4) is 0 Å². The second kappa shape index (κ2) is 5.38. The number of carbonyl (C=O) groups is 1. The summed E-state index contributed by atoms with van der Waals surface area (Å²) in [5.41, 5.74) is 4.18. The van der Waals surface area contributed by atoms with Crippen LogP contribution < -0.4 is 5.73 Å². The number of ether oxygens (including phenoxy) is 1. The monoisotopic (exact) mass is 293 g/mol. The van der Waals surface area contributed by atoms with E-state index in [4.69, 9.17) is 14.7 Å². The van der Waals surface area contributed by atoms with Crippen LogP contribution in [0.2, 0.25) is 0 Å². The van der Waals surface area contributed by atoms with Crippen molar-refractivity contribution in [2.75, 3.05) is 6.26 Å². The summed E-state index contributed by atoms with van der Waals surface area (Å²) in [6.07, 6.45) is 2.57. The molecule has 0 amide bonds. The minimum absolute atomic E-state index is 0.237. The third-order valence-corrected chi connectivity index (χ3v) is 3.52. The maximum Gasteiger partial charge on any atom is 0.309 e. The number of nitrogens with two attached hydrogens (primary N) is 1. The molecule has 0 atom stereocenters. The zero-order chi connectivity index (χ0) is 14.9. The molecule has 1 rings (SSSR count). The fourth-order valence-electron chi connectivity index (χ4n) is 2.11. The highest BCUT2D eigenvalue weighted by atomic mass is 32.2. The summed E-state index contributed by atoms with van der Waals surface area (Å²) in [5, 5.41) is 0. The Balaban J connectivity index is 2.55. The number of hydrogen-bond acceptors (Lipinski definition) is 6. The Morgan fingerprint density at radius 3 is 2.11 bits per heavy atom. The Morgan fingerprint density at radius 2 is 1.74 bits per heavy atom. The lowest BCUT2D eigenvalue weighted by Crippen LogP contribution is -2.48. The molecule has 7 heteroatoms. The summed E-state index contributed by atoms with van der Waals surface area (Å²) in [6.45, 7) is 5.44. The minimum Gasteiger partial charge on any atom is -0.460 e. The normalized spacial score (nSPS) is 29.0. The first-order valence-electron chi connectivity index (χ1n) is 6.33. The highest BCUT2D eigenvalue weighted by Gasteiger charge is 2.39. The number of hydrogen-bond donors (Lipinski definition) is 1. The molecule has 0 aliphatic heterocycles. The summed E-state index contributed by atoms with van der Waals surface area (Å²) in [6, 6.07) is 0. The molecule has 1 aliphatic rings. The van der Waals surface area contributed by atoms with Crippen molar-refractivity contribution in [2.24, 2.45) is 11.7 Å². The van der Waals surface area contributed by atoms with Gasteiger partial charge in [-0.2, -0.15) is 8.42 Å². The van der Waals surface area contributed by atoms with Crippen molar-refractivity contribution in [1.29, 1.82) is 0 Å². The molecule has 0 heterocycles. The van der Waals surface area contributed by atoms with Gasteiger partial charge in [-0.25, -0.2) is 4.18 Å². The van der Waals surface area contributed by atoms with Crippen molar-refractivity contribution < 1.29 is 22.1 Å². The van der Waals surface area contributed by atoms with Crippen LogP contribution in [-0.2, 0) is 23.8 Å². The van der Waals surface area contributed by atoms with Gasteiger partial charge in [-0.15, -0.1) is 0 Å². The van der Waals surface area contributed by atoms with Crippen LogP contribution in [-0.4, -0.2) is 32.0 Å². The lowest BCUT2D eigenvalue weighted by Gasteiger charge is -2.35. The van der Waals surface area contributed by atoms with E-state index in [1.54, 1.807) is 0 Å². The maximum absolute atomic E-state index is 11.9. The molecule has 1 aliphatic carbocycles. The molecule has 6 nitrogen and oxygen atoms in total. The van der Waals surface area contributed by atoms with Gasteiger partial charge in [-0.3, -0.25) is 4.79 Å². The van der Waals surface area contributed by atoms with Crippen LogP contribution in [0.5, 0.6) is 0 Å². The summed E-state index contributed by atoms with van der Waals surface area (Å²) < 4.78 is 32.4. The van der Waals surface area contributed by atoms with E-state index in [0.717, 1.165) is 6.26 Å². The molecule has 19 heavy (non-hydrogen) atoms. The standard InChI is InChI=1S/C12H23NO5S/c1-11(2,3)17-10(14)9-5-7-12(13,8-6-9)18-19(4,15)16/h9H,5-8,13H2,1-4H3. The minimum atomic E-state index is -3.59. The zero-order valence-corrected chi connectivity index (χ0v) is 12.7. The molecule has 2 N–H and O–H groups in total. The molecular formula is C12H23NO5S. The van der Waals surface area contributed by atoms with Crippen LogP contribution in [0.3, 0.4) is 0 Å². The zero-order valence-electron chi connectivity index (χ0n) is 11.9. The van der Waals surface area contributed by atoms with Gasteiger partial charge in [0.25, 0.3) is 10.1 Å². The number of rotatable bonds is 3. The predicted octanol–water partition coefficient (Wildman–Crippen LogP) is 1.15. The van der Waals surface area contributed by atoms with Gasteiger partial charge in [-0.05, 0) is 46.5 Å². The molecule has 0 aromatic rings. The van der Waals surface area contributed by atoms with E-state index in [9.17, 15) is 13.2 Å². The van der Waals surface area contributed by atoms with Crippen molar-refractivity contribution in [2.45, 2.75) is 57.8 Å². The van der Waals surface area contributed by atoms with E-state index in [1.807, 2.05) is 20.8 Å². The van der Waals surface area contributed by atoms with Crippen LogP contribution >= 0.6 is 0 Å². The molecule has 1 saturated carbocycles. The summed E-state index contributed by atoms with van der Waals surface area (Å²) >= 11 is 0. The molecule has 0 radical (unpaired) electrons. The third-order valence-electron chi connectivity index (χ3n) is 2.89. The Hall–Kier alpha value is -0.660. The molecular weight excluding hydrogens is 270 g/mol. The number of carbonyl (C=O) groups excluding carboxylic acids is 1. The predicted molar refractivity (Wildman–Crippen MR) is 70.7 cm³/mol. The largest absolute Gasteiger partial charge is 0.460 e. The molecule has 0 saturated heterocycles. The highest BCUT2D eigenvalue weighted by Crippen LogP contribution is 2.33. The highest BCUT2D eigenvalue weighted by molar-refractivity contribution is 7.86. The van der Waals surface area contributed by atoms with Crippen molar-refractivity contribution >= 4 is 16.1 Å². The smallest absolute Gasteiger partial charge is 0.309 e. The molecule has 0 spiro atoms. The van der Waals surface area contributed by atoms with Gasteiger partial charge >= 0.3 is 5.97 Å². The van der Waals surface area contributed by atoms with E-state index in [1.165, 1.54) is 0 Å². The summed E-state index contributed by atoms with van der Waals surface area (Å²) in [4.78, 5) is 11.9. The second-order valence-electron chi connectivity index (χ2n) is 6.16. The fourth-order valence-corrected chi connectivity index (χ4v) is 2.88. The van der Waals surface area contributed by atoms with Crippen molar-refractivity contribution in [3.63, 3.8) is 0 Å². The van der Waals surface area contributed by atoms with Gasteiger partial charge < -0.3 is 10.5 Å². The van der Waals surface area contributed by atoms with Gasteiger partial charge in [0.1, 0.15) is 11.3 Å². The van der Waals surface area contributed by atoms with Gasteiger partial charge in [0.05, 0.1) is 12.2 Å². The molecule has 0 aromatic carbocycles. The quantitative estimate of drug-likeness (QED) is 0.476. The average molecular weight is 293 g/mol. The molecule has 112 valence electrons. The Labute approximate surface area is 114 Å². The van der Waals surface area contributed by atoms with E-state index < -0.39 is 21.4 Å². The van der Waals surface area contributed by atoms with E-state index in [0.29, 0.717) is 25.7 Å². The maximum atomic E-state index is 11.9. The molecule has 0 aromatic heterocycles. The van der Waals surface area contributed by atoms with Crippen LogP contribution in [0.25, 0.3) is 0 Å². The van der Waals surface area contributed by atoms with Crippen molar-refractivity contribution in [1.82, 2.24) is 0 Å². The summed E-state index contributed by atoms with van der Waals surface area (Å²) in [5.74, 6) is -0.493. The molecule has 0 bridgehead atoms. The van der Waals surface area contributed by atoms with Crippen LogP contribution in [0.15, 0.2) is 0 Å². The Morgan fingerprint density at radius 1 is 1.26 bits per heavy atom. The van der Waals surface area contributed by atoms with E-state index in [2.05, 4.69) is 0 Å². The fraction of sp³-hybridized carbons (Fsp3) is 0.917. The first-order chi connectivity index (χ1) is 8.40. The van der Waals surface area contributed by atoms with Gasteiger partial charge in [0.2, 0.25) is 0 Å². The van der Waals surface area contributed by atoms with Crippen LogP contribution in [0.4, 0.5) is 0 Å². The van der Waals surface area contributed by atoms with Crippen LogP contribution in [0.1, 0.15) is 46.5 Å². The van der Waals surface area contributed by atoms with Gasteiger partial charge in [0, 0.05) is 0 Å².